The van der Waals surface area contributed by atoms with Gasteiger partial charge in [0.2, 0.25) is 5.91 Å². The van der Waals surface area contributed by atoms with Crippen molar-refractivity contribution in [2.45, 2.75) is 31.4 Å². The number of aliphatic hydroxyl groups excluding tert-OH is 1. The van der Waals surface area contributed by atoms with Crippen molar-refractivity contribution in [2.24, 2.45) is 0 Å². The van der Waals surface area contributed by atoms with E-state index in [9.17, 15) is 9.90 Å². The predicted molar refractivity (Wildman–Crippen MR) is 83.9 cm³/mol. The van der Waals surface area contributed by atoms with E-state index in [1.165, 1.54) is 12.8 Å². The lowest BCUT2D eigenvalue weighted by Crippen LogP contribution is -2.41. The Morgan fingerprint density at radius 1 is 1.27 bits per heavy atom. The second kappa shape index (κ2) is 6.67. The maximum Gasteiger partial charge on any atom is 0.227 e. The summed E-state index contributed by atoms with van der Waals surface area (Å²) in [5, 5.41) is 10.3. The van der Waals surface area contributed by atoms with Gasteiger partial charge in [-0.05, 0) is 32.0 Å². The van der Waals surface area contributed by atoms with Gasteiger partial charge < -0.3 is 14.7 Å². The van der Waals surface area contributed by atoms with E-state index >= 15 is 0 Å². The van der Waals surface area contributed by atoms with Crippen molar-refractivity contribution < 1.29 is 14.6 Å². The van der Waals surface area contributed by atoms with Crippen LogP contribution in [-0.2, 0) is 11.2 Å². The molecule has 1 aromatic rings. The van der Waals surface area contributed by atoms with Gasteiger partial charge in [0.05, 0.1) is 25.7 Å². The lowest BCUT2D eigenvalue weighted by molar-refractivity contribution is -0.129. The molecule has 2 aliphatic heterocycles. The minimum atomic E-state index is -0.431. The van der Waals surface area contributed by atoms with Gasteiger partial charge in [-0.1, -0.05) is 18.2 Å². The molecule has 2 saturated heterocycles. The first-order chi connectivity index (χ1) is 10.7. The van der Waals surface area contributed by atoms with Crippen LogP contribution in [0, 0.1) is 0 Å². The van der Waals surface area contributed by atoms with Crippen LogP contribution in [0.5, 0.6) is 5.75 Å². The fraction of sp³-hybridized carbons (Fsp3) is 0.588. The van der Waals surface area contributed by atoms with Gasteiger partial charge in [-0.2, -0.15) is 0 Å². The number of likely N-dealkylation sites (tertiary alicyclic amines) is 2. The Balaban J connectivity index is 1.63. The molecule has 0 aliphatic carbocycles. The van der Waals surface area contributed by atoms with E-state index in [1.54, 1.807) is 12.0 Å². The van der Waals surface area contributed by atoms with E-state index in [-0.39, 0.29) is 11.9 Å². The number of aliphatic hydroxyl groups is 1. The number of carbonyl (C=O) groups excluding carboxylic acids is 1. The zero-order valence-electron chi connectivity index (χ0n) is 13.1. The van der Waals surface area contributed by atoms with Gasteiger partial charge in [-0.3, -0.25) is 9.69 Å². The molecule has 2 heterocycles. The van der Waals surface area contributed by atoms with Crippen molar-refractivity contribution in [1.29, 1.82) is 0 Å². The van der Waals surface area contributed by atoms with Gasteiger partial charge in [0.1, 0.15) is 5.75 Å². The Labute approximate surface area is 131 Å². The normalized spacial score (nSPS) is 25.6. The molecular formula is C17H24N2O3. The third kappa shape index (κ3) is 3.10. The molecule has 1 aromatic carbocycles. The van der Waals surface area contributed by atoms with Crippen molar-refractivity contribution in [1.82, 2.24) is 9.80 Å². The van der Waals surface area contributed by atoms with E-state index in [1.807, 2.05) is 24.3 Å². The number of nitrogens with zero attached hydrogens (tertiary/aromatic N) is 2. The highest BCUT2D eigenvalue weighted by atomic mass is 16.5. The highest BCUT2D eigenvalue weighted by Gasteiger charge is 2.38. The largest absolute Gasteiger partial charge is 0.496 e. The average Bonchev–Trinajstić information content (AvgIpc) is 3.16. The summed E-state index contributed by atoms with van der Waals surface area (Å²) in [6, 6.07) is 7.70. The third-order valence-electron chi connectivity index (χ3n) is 4.76. The van der Waals surface area contributed by atoms with Crippen molar-refractivity contribution in [3.05, 3.63) is 29.8 Å². The molecule has 3 rings (SSSR count). The van der Waals surface area contributed by atoms with Crippen LogP contribution in [0.2, 0.25) is 0 Å². The van der Waals surface area contributed by atoms with Crippen LogP contribution in [0.15, 0.2) is 24.3 Å². The monoisotopic (exact) mass is 304 g/mol. The van der Waals surface area contributed by atoms with E-state index in [4.69, 9.17) is 4.74 Å². The smallest absolute Gasteiger partial charge is 0.227 e. The first-order valence-corrected chi connectivity index (χ1v) is 8.01. The van der Waals surface area contributed by atoms with Crippen molar-refractivity contribution in [2.75, 3.05) is 33.3 Å². The first-order valence-electron chi connectivity index (χ1n) is 8.01. The molecule has 0 saturated carbocycles. The molecule has 1 amide bonds. The molecule has 22 heavy (non-hydrogen) atoms. The maximum absolute atomic E-state index is 12.5. The number of hydrogen-bond donors (Lipinski definition) is 1. The summed E-state index contributed by atoms with van der Waals surface area (Å²) >= 11 is 0. The number of para-hydroxylation sites is 1. The Bertz CT molecular complexity index is 528. The number of amides is 1. The van der Waals surface area contributed by atoms with Crippen molar-refractivity contribution in [3.63, 3.8) is 0 Å². The zero-order valence-corrected chi connectivity index (χ0v) is 13.1. The molecule has 5 heteroatoms. The van der Waals surface area contributed by atoms with Crippen LogP contribution < -0.4 is 4.74 Å². The zero-order chi connectivity index (χ0) is 15.5. The summed E-state index contributed by atoms with van der Waals surface area (Å²) in [6.45, 7) is 3.15. The average molecular weight is 304 g/mol. The van der Waals surface area contributed by atoms with Crippen LogP contribution in [0.4, 0.5) is 0 Å². The molecular weight excluding hydrogens is 280 g/mol. The molecule has 0 spiro atoms. The lowest BCUT2D eigenvalue weighted by atomic mass is 10.1. The number of methoxy groups -OCH3 is 1. The summed E-state index contributed by atoms with van der Waals surface area (Å²) in [7, 11) is 1.62. The summed E-state index contributed by atoms with van der Waals surface area (Å²) in [6.07, 6.45) is 2.28. The van der Waals surface area contributed by atoms with Crippen LogP contribution in [0.1, 0.15) is 18.4 Å². The maximum atomic E-state index is 12.5. The van der Waals surface area contributed by atoms with E-state index < -0.39 is 6.10 Å². The van der Waals surface area contributed by atoms with Crippen LogP contribution >= 0.6 is 0 Å². The van der Waals surface area contributed by atoms with E-state index in [2.05, 4.69) is 4.90 Å². The SMILES string of the molecule is COc1ccccc1CC(=O)N1C[C@@H](O)[C@H](N2CCCC2)C1. The Kier molecular flexibility index (Phi) is 4.64. The standard InChI is InChI=1S/C17H24N2O3/c1-22-16-7-3-2-6-13(16)10-17(21)19-11-14(15(20)12-19)18-8-4-5-9-18/h2-3,6-7,14-15,20H,4-5,8-12H2,1H3/t14-,15-/m1/s1. The first kappa shape index (κ1) is 15.3. The fourth-order valence-corrected chi connectivity index (χ4v) is 3.53. The molecule has 0 unspecified atom stereocenters. The minimum absolute atomic E-state index is 0.0604. The van der Waals surface area contributed by atoms with Crippen molar-refractivity contribution >= 4 is 5.91 Å². The van der Waals surface area contributed by atoms with Gasteiger partial charge in [0, 0.05) is 18.7 Å². The number of benzene rings is 1. The molecule has 120 valence electrons. The highest BCUT2D eigenvalue weighted by Crippen LogP contribution is 2.23. The van der Waals surface area contributed by atoms with Gasteiger partial charge in [0.15, 0.2) is 0 Å². The third-order valence-corrected chi connectivity index (χ3v) is 4.76. The second-order valence-corrected chi connectivity index (χ2v) is 6.17. The highest BCUT2D eigenvalue weighted by molar-refractivity contribution is 5.80. The number of ether oxygens (including phenoxy) is 1. The van der Waals surface area contributed by atoms with E-state index in [0.29, 0.717) is 19.5 Å². The molecule has 0 bridgehead atoms. The Morgan fingerprint density at radius 3 is 2.73 bits per heavy atom. The molecule has 0 radical (unpaired) electrons. The van der Waals surface area contributed by atoms with Crippen LogP contribution in [0.25, 0.3) is 0 Å². The Hall–Kier alpha value is -1.59. The Morgan fingerprint density at radius 2 is 2.00 bits per heavy atom. The number of carbonyl (C=O) groups is 1. The van der Waals surface area contributed by atoms with Crippen LogP contribution in [-0.4, -0.2) is 66.2 Å². The second-order valence-electron chi connectivity index (χ2n) is 6.17. The van der Waals surface area contributed by atoms with Crippen LogP contribution in [0.3, 0.4) is 0 Å². The van der Waals surface area contributed by atoms with E-state index in [0.717, 1.165) is 24.4 Å². The number of β-amino-alcohol motifs (C(OH)–C–C–N with tert-alkyl or cyclic N) is 1. The summed E-state index contributed by atoms with van der Waals surface area (Å²) < 4.78 is 5.30. The summed E-state index contributed by atoms with van der Waals surface area (Å²) in [4.78, 5) is 16.6. The molecule has 1 N–H and O–H groups in total. The predicted octanol–water partition coefficient (Wildman–Crippen LogP) is 0.905. The number of rotatable bonds is 4. The number of hydrogen-bond acceptors (Lipinski definition) is 4. The van der Waals surface area contributed by atoms with Gasteiger partial charge >= 0.3 is 0 Å². The van der Waals surface area contributed by atoms with Gasteiger partial charge in [-0.15, -0.1) is 0 Å². The quantitative estimate of drug-likeness (QED) is 0.898. The lowest BCUT2D eigenvalue weighted by Gasteiger charge is -2.25. The van der Waals surface area contributed by atoms with Crippen molar-refractivity contribution in [3.8, 4) is 5.75 Å². The fourth-order valence-electron chi connectivity index (χ4n) is 3.53. The molecule has 0 aromatic heterocycles. The molecule has 5 nitrogen and oxygen atoms in total. The minimum Gasteiger partial charge on any atom is -0.496 e. The molecule has 2 fully saturated rings. The van der Waals surface area contributed by atoms with Gasteiger partial charge in [-0.25, -0.2) is 0 Å². The molecule has 2 atom stereocenters. The van der Waals surface area contributed by atoms with Gasteiger partial charge in [0.25, 0.3) is 0 Å². The molecule has 2 aliphatic rings. The summed E-state index contributed by atoms with van der Waals surface area (Å²) in [5.41, 5.74) is 0.897. The topological polar surface area (TPSA) is 53.0 Å². The summed E-state index contributed by atoms with van der Waals surface area (Å²) in [5.74, 6) is 0.803.